The molecule has 3 nitrogen and oxygen atoms in total. The van der Waals surface area contributed by atoms with Crippen LogP contribution < -0.4 is 0 Å². The summed E-state index contributed by atoms with van der Waals surface area (Å²) in [7, 11) is 1.34. The number of aliphatic hydroxyl groups excluding tert-OH is 1. The second kappa shape index (κ2) is 4.72. The maximum absolute atomic E-state index is 10.8. The highest BCUT2D eigenvalue weighted by Crippen LogP contribution is 2.29. The fraction of sp³-hybridized carbons (Fsp3) is 0.875. The minimum absolute atomic E-state index is 0.133. The third-order valence-corrected chi connectivity index (χ3v) is 3.50. The Labute approximate surface area is 76.5 Å². The Hall–Kier alpha value is -0.220. The van der Waals surface area contributed by atoms with E-state index in [-0.39, 0.29) is 17.6 Å². The van der Waals surface area contributed by atoms with Crippen LogP contribution in [0.1, 0.15) is 19.3 Å². The molecule has 1 aliphatic heterocycles. The average Bonchev–Trinajstić information content (AvgIpc) is 2.56. The lowest BCUT2D eigenvalue weighted by Crippen LogP contribution is -2.24. The summed E-state index contributed by atoms with van der Waals surface area (Å²) < 4.78 is 4.47. The lowest BCUT2D eigenvalue weighted by Gasteiger charge is -2.14. The molecule has 0 bridgehead atoms. The van der Waals surface area contributed by atoms with Crippen molar-refractivity contribution in [2.75, 3.05) is 12.9 Å². The van der Waals surface area contributed by atoms with Gasteiger partial charge in [0.15, 0.2) is 0 Å². The molecule has 0 aromatic rings. The zero-order chi connectivity index (χ0) is 8.97. The normalized spacial score (nSPS) is 25.3. The molecule has 1 saturated heterocycles. The number of rotatable bonds is 3. The van der Waals surface area contributed by atoms with Gasteiger partial charge in [-0.2, -0.15) is 11.8 Å². The molecule has 0 spiro atoms. The van der Waals surface area contributed by atoms with Crippen LogP contribution in [0.4, 0.5) is 0 Å². The lowest BCUT2D eigenvalue weighted by atomic mass is 10.1. The van der Waals surface area contributed by atoms with Gasteiger partial charge in [-0.15, -0.1) is 0 Å². The Balaban J connectivity index is 2.26. The van der Waals surface area contributed by atoms with Gasteiger partial charge in [0, 0.05) is 5.25 Å². The average molecular weight is 190 g/mol. The quantitative estimate of drug-likeness (QED) is 0.669. The van der Waals surface area contributed by atoms with Crippen molar-refractivity contribution in [2.45, 2.75) is 30.6 Å². The highest BCUT2D eigenvalue weighted by Gasteiger charge is 2.25. The Kier molecular flexibility index (Phi) is 3.88. The molecule has 4 heteroatoms. The van der Waals surface area contributed by atoms with Crippen molar-refractivity contribution in [2.24, 2.45) is 0 Å². The van der Waals surface area contributed by atoms with Gasteiger partial charge in [0.05, 0.1) is 19.6 Å². The van der Waals surface area contributed by atoms with E-state index in [9.17, 15) is 9.90 Å². The Morgan fingerprint density at radius 1 is 1.83 bits per heavy atom. The highest BCUT2D eigenvalue weighted by atomic mass is 32.2. The van der Waals surface area contributed by atoms with Gasteiger partial charge in [0.1, 0.15) is 0 Å². The van der Waals surface area contributed by atoms with Crippen LogP contribution >= 0.6 is 11.8 Å². The first kappa shape index (κ1) is 9.86. The molecule has 0 saturated carbocycles. The Bertz CT molecular complexity index is 154. The molecule has 2 atom stereocenters. The number of hydrogen-bond acceptors (Lipinski definition) is 4. The zero-order valence-corrected chi connectivity index (χ0v) is 7.97. The van der Waals surface area contributed by atoms with E-state index in [0.29, 0.717) is 0 Å². The van der Waals surface area contributed by atoms with Crippen LogP contribution in [0.3, 0.4) is 0 Å². The van der Waals surface area contributed by atoms with Crippen molar-refractivity contribution < 1.29 is 14.6 Å². The van der Waals surface area contributed by atoms with Crippen LogP contribution in [0.15, 0.2) is 0 Å². The van der Waals surface area contributed by atoms with Gasteiger partial charge in [0.25, 0.3) is 0 Å². The van der Waals surface area contributed by atoms with E-state index >= 15 is 0 Å². The summed E-state index contributed by atoms with van der Waals surface area (Å²) in [4.78, 5) is 10.8. The number of hydrogen-bond donors (Lipinski definition) is 1. The van der Waals surface area contributed by atoms with E-state index in [4.69, 9.17) is 0 Å². The predicted octanol–water partition coefficient (Wildman–Crippen LogP) is 0.806. The van der Waals surface area contributed by atoms with Crippen LogP contribution in [0, 0.1) is 0 Å². The number of methoxy groups -OCH3 is 1. The summed E-state index contributed by atoms with van der Waals surface area (Å²) in [6.45, 7) is 0. The first-order chi connectivity index (χ1) is 5.74. The number of esters is 1. The monoisotopic (exact) mass is 190 g/mol. The first-order valence-electron chi connectivity index (χ1n) is 4.10. The maximum Gasteiger partial charge on any atom is 0.308 e. The molecular formula is C8H14O3S. The van der Waals surface area contributed by atoms with Crippen molar-refractivity contribution >= 4 is 17.7 Å². The fourth-order valence-electron chi connectivity index (χ4n) is 1.29. The smallest absolute Gasteiger partial charge is 0.308 e. The van der Waals surface area contributed by atoms with E-state index < -0.39 is 6.10 Å². The van der Waals surface area contributed by atoms with Gasteiger partial charge in [0.2, 0.25) is 0 Å². The zero-order valence-electron chi connectivity index (χ0n) is 7.16. The van der Waals surface area contributed by atoms with E-state index in [1.54, 1.807) is 11.8 Å². The Morgan fingerprint density at radius 2 is 2.58 bits per heavy atom. The number of carbonyl (C=O) groups excluding carboxylic acids is 1. The summed E-state index contributed by atoms with van der Waals surface area (Å²) in [5, 5.41) is 9.77. The van der Waals surface area contributed by atoms with Gasteiger partial charge < -0.3 is 9.84 Å². The molecule has 1 rings (SSSR count). The molecule has 0 radical (unpaired) electrons. The van der Waals surface area contributed by atoms with Gasteiger partial charge in [-0.05, 0) is 18.6 Å². The summed E-state index contributed by atoms with van der Waals surface area (Å²) in [5.41, 5.74) is 0. The molecule has 0 aliphatic carbocycles. The van der Waals surface area contributed by atoms with Crippen molar-refractivity contribution in [3.05, 3.63) is 0 Å². The van der Waals surface area contributed by atoms with Crippen LogP contribution in [0.25, 0.3) is 0 Å². The molecule has 1 N–H and O–H groups in total. The fourth-order valence-corrected chi connectivity index (χ4v) is 2.58. The SMILES string of the molecule is COC(=O)CC(O)C1CCCS1. The molecule has 0 aromatic carbocycles. The molecule has 1 aliphatic rings. The summed E-state index contributed by atoms with van der Waals surface area (Å²) >= 11 is 1.75. The van der Waals surface area contributed by atoms with Crippen LogP contribution in [-0.4, -0.2) is 35.3 Å². The van der Waals surface area contributed by atoms with Crippen LogP contribution in [-0.2, 0) is 9.53 Å². The Morgan fingerprint density at radius 3 is 3.08 bits per heavy atom. The van der Waals surface area contributed by atoms with E-state index in [0.717, 1.165) is 18.6 Å². The molecule has 70 valence electrons. The third-order valence-electron chi connectivity index (χ3n) is 2.00. The van der Waals surface area contributed by atoms with Crippen molar-refractivity contribution in [1.82, 2.24) is 0 Å². The van der Waals surface area contributed by atoms with Crippen molar-refractivity contribution in [1.29, 1.82) is 0 Å². The molecule has 0 aromatic heterocycles. The molecule has 0 amide bonds. The van der Waals surface area contributed by atoms with Crippen LogP contribution in [0.5, 0.6) is 0 Å². The second-order valence-electron chi connectivity index (χ2n) is 2.90. The minimum Gasteiger partial charge on any atom is -0.469 e. The van der Waals surface area contributed by atoms with E-state index in [1.807, 2.05) is 0 Å². The van der Waals surface area contributed by atoms with Gasteiger partial charge in [-0.3, -0.25) is 4.79 Å². The van der Waals surface area contributed by atoms with Gasteiger partial charge in [-0.25, -0.2) is 0 Å². The highest BCUT2D eigenvalue weighted by molar-refractivity contribution is 8.00. The number of carbonyl (C=O) groups is 1. The van der Waals surface area contributed by atoms with Gasteiger partial charge >= 0.3 is 5.97 Å². The van der Waals surface area contributed by atoms with Crippen LogP contribution in [0.2, 0.25) is 0 Å². The lowest BCUT2D eigenvalue weighted by molar-refractivity contribution is -0.142. The topological polar surface area (TPSA) is 46.5 Å². The number of aliphatic hydroxyl groups is 1. The molecule has 2 unspecified atom stereocenters. The summed E-state index contributed by atoms with van der Waals surface area (Å²) in [5.74, 6) is 0.776. The predicted molar refractivity (Wildman–Crippen MR) is 48.1 cm³/mol. The first-order valence-corrected chi connectivity index (χ1v) is 5.15. The maximum atomic E-state index is 10.8. The van der Waals surface area contributed by atoms with Crippen molar-refractivity contribution in [3.8, 4) is 0 Å². The van der Waals surface area contributed by atoms with E-state index in [2.05, 4.69) is 4.74 Å². The third kappa shape index (κ3) is 2.68. The van der Waals surface area contributed by atoms with E-state index in [1.165, 1.54) is 7.11 Å². The largest absolute Gasteiger partial charge is 0.469 e. The number of thioether (sulfide) groups is 1. The molecular weight excluding hydrogens is 176 g/mol. The molecule has 12 heavy (non-hydrogen) atoms. The summed E-state index contributed by atoms with van der Waals surface area (Å²) in [6.07, 6.45) is 1.77. The standard InChI is InChI=1S/C8H14O3S/c1-11-8(10)5-6(9)7-3-2-4-12-7/h6-7,9H,2-5H2,1H3. The minimum atomic E-state index is -0.523. The van der Waals surface area contributed by atoms with Gasteiger partial charge in [-0.1, -0.05) is 0 Å². The number of ether oxygens (including phenoxy) is 1. The second-order valence-corrected chi connectivity index (χ2v) is 4.25. The van der Waals surface area contributed by atoms with Crippen molar-refractivity contribution in [3.63, 3.8) is 0 Å². The summed E-state index contributed by atoms with van der Waals surface area (Å²) in [6, 6.07) is 0. The molecule has 1 heterocycles. The molecule has 1 fully saturated rings.